The molecule has 0 saturated carbocycles. The number of nitrogens with zero attached hydrogens (tertiary/aromatic N) is 2. The lowest BCUT2D eigenvalue weighted by atomic mass is 10.0. The standard InChI is InChI=1S/C19H21N3O/c1-14(21-19(23)15(2)22-10-9-20-13-22)11-16-7-8-17-5-3-4-6-18(17)12-16/h3-10,12-15H,11H2,1-2H3,(H,21,23). The smallest absolute Gasteiger partial charge is 0.243 e. The van der Waals surface area contributed by atoms with Crippen molar-refractivity contribution in [3.63, 3.8) is 0 Å². The maximum atomic E-state index is 12.3. The molecule has 3 rings (SSSR count). The van der Waals surface area contributed by atoms with E-state index >= 15 is 0 Å². The molecule has 0 bridgehead atoms. The van der Waals surface area contributed by atoms with Crippen LogP contribution < -0.4 is 5.32 Å². The third-order valence-electron chi connectivity index (χ3n) is 4.10. The summed E-state index contributed by atoms with van der Waals surface area (Å²) in [7, 11) is 0. The van der Waals surface area contributed by atoms with Gasteiger partial charge in [-0.05, 0) is 36.6 Å². The lowest BCUT2D eigenvalue weighted by Gasteiger charge is -2.18. The minimum absolute atomic E-state index is 0.0105. The maximum absolute atomic E-state index is 12.3. The Morgan fingerprint density at radius 3 is 2.70 bits per heavy atom. The minimum atomic E-state index is -0.253. The van der Waals surface area contributed by atoms with Crippen LogP contribution in [0.4, 0.5) is 0 Å². The Bertz CT molecular complexity index is 795. The predicted molar refractivity (Wildman–Crippen MR) is 92.2 cm³/mol. The van der Waals surface area contributed by atoms with Crippen LogP contribution in [0, 0.1) is 0 Å². The van der Waals surface area contributed by atoms with Crippen LogP contribution in [0.2, 0.25) is 0 Å². The van der Waals surface area contributed by atoms with Crippen molar-refractivity contribution in [1.29, 1.82) is 0 Å². The Kier molecular flexibility index (Phi) is 4.42. The molecule has 4 nitrogen and oxygen atoms in total. The van der Waals surface area contributed by atoms with E-state index in [9.17, 15) is 4.79 Å². The number of benzene rings is 2. The van der Waals surface area contributed by atoms with Crippen molar-refractivity contribution in [2.24, 2.45) is 0 Å². The van der Waals surface area contributed by atoms with E-state index in [1.165, 1.54) is 16.3 Å². The summed E-state index contributed by atoms with van der Waals surface area (Å²) < 4.78 is 1.80. The van der Waals surface area contributed by atoms with Gasteiger partial charge < -0.3 is 9.88 Å². The minimum Gasteiger partial charge on any atom is -0.352 e. The first-order valence-corrected chi connectivity index (χ1v) is 7.89. The van der Waals surface area contributed by atoms with Gasteiger partial charge in [-0.15, -0.1) is 0 Å². The highest BCUT2D eigenvalue weighted by Gasteiger charge is 2.16. The summed E-state index contributed by atoms with van der Waals surface area (Å²) in [5.41, 5.74) is 1.23. The van der Waals surface area contributed by atoms with Crippen LogP contribution in [0.3, 0.4) is 0 Å². The van der Waals surface area contributed by atoms with Crippen LogP contribution in [0.15, 0.2) is 61.2 Å². The molecule has 1 aromatic heterocycles. The molecular weight excluding hydrogens is 286 g/mol. The Balaban J connectivity index is 1.63. The normalized spacial score (nSPS) is 13.7. The fraction of sp³-hybridized carbons (Fsp3) is 0.263. The molecule has 2 aromatic carbocycles. The van der Waals surface area contributed by atoms with Crippen molar-refractivity contribution in [1.82, 2.24) is 14.9 Å². The van der Waals surface area contributed by atoms with Gasteiger partial charge in [0.1, 0.15) is 6.04 Å². The van der Waals surface area contributed by atoms with Crippen molar-refractivity contribution in [3.05, 3.63) is 66.7 Å². The molecule has 0 aliphatic heterocycles. The average Bonchev–Trinajstić information content (AvgIpc) is 3.08. The van der Waals surface area contributed by atoms with Crippen molar-refractivity contribution in [2.45, 2.75) is 32.4 Å². The number of carbonyl (C=O) groups excluding carboxylic acids is 1. The Morgan fingerprint density at radius 1 is 1.17 bits per heavy atom. The first-order chi connectivity index (χ1) is 11.1. The van der Waals surface area contributed by atoms with Crippen molar-refractivity contribution < 1.29 is 4.79 Å². The zero-order chi connectivity index (χ0) is 16.2. The van der Waals surface area contributed by atoms with E-state index in [1.54, 1.807) is 23.3 Å². The number of nitrogens with one attached hydrogen (secondary N) is 1. The van der Waals surface area contributed by atoms with Crippen LogP contribution in [0.5, 0.6) is 0 Å². The third-order valence-corrected chi connectivity index (χ3v) is 4.10. The second-order valence-corrected chi connectivity index (χ2v) is 5.98. The number of fused-ring (bicyclic) bond motifs is 1. The largest absolute Gasteiger partial charge is 0.352 e. The zero-order valence-electron chi connectivity index (χ0n) is 13.4. The summed E-state index contributed by atoms with van der Waals surface area (Å²) in [4.78, 5) is 16.3. The Morgan fingerprint density at radius 2 is 1.96 bits per heavy atom. The number of hydrogen-bond donors (Lipinski definition) is 1. The zero-order valence-corrected chi connectivity index (χ0v) is 13.4. The molecule has 4 heteroatoms. The van der Waals surface area contributed by atoms with E-state index in [4.69, 9.17) is 0 Å². The Labute approximate surface area is 136 Å². The number of aromatic nitrogens is 2. The highest BCUT2D eigenvalue weighted by Crippen LogP contribution is 2.17. The lowest BCUT2D eigenvalue weighted by molar-refractivity contribution is -0.124. The van der Waals surface area contributed by atoms with Crippen molar-refractivity contribution in [3.8, 4) is 0 Å². The third kappa shape index (κ3) is 3.59. The number of amides is 1. The summed E-state index contributed by atoms with van der Waals surface area (Å²) in [5.74, 6) is 0.0105. The molecule has 0 aliphatic rings. The molecule has 0 saturated heterocycles. The van der Waals surface area contributed by atoms with Gasteiger partial charge in [-0.2, -0.15) is 0 Å². The lowest BCUT2D eigenvalue weighted by Crippen LogP contribution is -2.38. The predicted octanol–water partition coefficient (Wildman–Crippen LogP) is 3.34. The van der Waals surface area contributed by atoms with Crippen LogP contribution in [0.25, 0.3) is 10.8 Å². The van der Waals surface area contributed by atoms with Gasteiger partial charge in [0.15, 0.2) is 0 Å². The van der Waals surface area contributed by atoms with Crippen molar-refractivity contribution >= 4 is 16.7 Å². The van der Waals surface area contributed by atoms with Gasteiger partial charge in [0.05, 0.1) is 6.33 Å². The summed E-state index contributed by atoms with van der Waals surface area (Å²) in [6.07, 6.45) is 5.96. The quantitative estimate of drug-likeness (QED) is 0.786. The fourth-order valence-electron chi connectivity index (χ4n) is 2.77. The molecule has 0 aliphatic carbocycles. The summed E-state index contributed by atoms with van der Waals surface area (Å²) >= 11 is 0. The molecule has 0 spiro atoms. The summed E-state index contributed by atoms with van der Waals surface area (Å²) in [6, 6.07) is 14.6. The van der Waals surface area contributed by atoms with E-state index in [0.29, 0.717) is 0 Å². The molecule has 1 amide bonds. The number of rotatable bonds is 5. The number of hydrogen-bond acceptors (Lipinski definition) is 2. The van der Waals surface area contributed by atoms with Gasteiger partial charge in [0.2, 0.25) is 5.91 Å². The Hall–Kier alpha value is -2.62. The van der Waals surface area contributed by atoms with E-state index in [1.807, 2.05) is 26.0 Å². The summed E-state index contributed by atoms with van der Waals surface area (Å²) in [5, 5.41) is 5.55. The molecule has 1 N–H and O–H groups in total. The maximum Gasteiger partial charge on any atom is 0.243 e. The average molecular weight is 307 g/mol. The number of carbonyl (C=O) groups is 1. The van der Waals surface area contributed by atoms with E-state index in [-0.39, 0.29) is 18.0 Å². The molecule has 3 aromatic rings. The second-order valence-electron chi connectivity index (χ2n) is 5.98. The van der Waals surface area contributed by atoms with Gasteiger partial charge >= 0.3 is 0 Å². The molecule has 118 valence electrons. The van der Waals surface area contributed by atoms with Crippen molar-refractivity contribution in [2.75, 3.05) is 0 Å². The monoisotopic (exact) mass is 307 g/mol. The molecule has 1 heterocycles. The molecule has 23 heavy (non-hydrogen) atoms. The van der Waals surface area contributed by atoms with E-state index in [0.717, 1.165) is 6.42 Å². The summed E-state index contributed by atoms with van der Waals surface area (Å²) in [6.45, 7) is 3.91. The first kappa shape index (κ1) is 15.3. The van der Waals surface area contributed by atoms with Crippen LogP contribution >= 0.6 is 0 Å². The van der Waals surface area contributed by atoms with Gasteiger partial charge in [-0.3, -0.25) is 4.79 Å². The molecule has 0 radical (unpaired) electrons. The SMILES string of the molecule is CC(Cc1ccc2ccccc2c1)NC(=O)C(C)n1ccnc1. The molecule has 2 atom stereocenters. The van der Waals surface area contributed by atoms with Crippen LogP contribution in [0.1, 0.15) is 25.5 Å². The topological polar surface area (TPSA) is 46.9 Å². The molecule has 0 fully saturated rings. The van der Waals surface area contributed by atoms with Gasteiger partial charge in [0.25, 0.3) is 0 Å². The number of imidazole rings is 1. The van der Waals surface area contributed by atoms with E-state index in [2.05, 4.69) is 40.6 Å². The highest BCUT2D eigenvalue weighted by atomic mass is 16.2. The second kappa shape index (κ2) is 6.65. The highest BCUT2D eigenvalue weighted by molar-refractivity contribution is 5.83. The van der Waals surface area contributed by atoms with Crippen LogP contribution in [-0.2, 0) is 11.2 Å². The fourth-order valence-corrected chi connectivity index (χ4v) is 2.77. The van der Waals surface area contributed by atoms with Gasteiger partial charge in [-0.1, -0.05) is 42.5 Å². The first-order valence-electron chi connectivity index (χ1n) is 7.89. The van der Waals surface area contributed by atoms with Gasteiger partial charge in [0, 0.05) is 18.4 Å². The van der Waals surface area contributed by atoms with Gasteiger partial charge in [-0.25, -0.2) is 4.98 Å². The molecule has 2 unspecified atom stereocenters. The van der Waals surface area contributed by atoms with E-state index < -0.39 is 0 Å². The van der Waals surface area contributed by atoms with Crippen LogP contribution in [-0.4, -0.2) is 21.5 Å². The molecular formula is C19H21N3O.